The van der Waals surface area contributed by atoms with Gasteiger partial charge in [-0.3, -0.25) is 0 Å². The van der Waals surface area contributed by atoms with Gasteiger partial charge in [-0.15, -0.1) is 0 Å². The third kappa shape index (κ3) is 3.01. The van der Waals surface area contributed by atoms with Crippen molar-refractivity contribution in [3.8, 4) is 0 Å². The monoisotopic (exact) mass is 282 g/mol. The Morgan fingerprint density at radius 3 is 2.90 bits per heavy atom. The number of carbonyl (C=O) groups is 1. The van der Waals surface area contributed by atoms with Crippen LogP contribution in [-0.4, -0.2) is 37.4 Å². The van der Waals surface area contributed by atoms with Crippen LogP contribution >= 0.6 is 0 Å². The Bertz CT molecular complexity index is 501. The summed E-state index contributed by atoms with van der Waals surface area (Å²) in [5, 5.41) is 9.22. The standard InChI is InChI=1S/C14H19FN2O3/c1-17(8-9-4-2-3-7-20-9)11-6-5-10(15)13(16)12(11)14(18)19/h5-6,9H,2-4,7-8,16H2,1H3,(H,18,19). The number of aromatic carboxylic acids is 1. The highest BCUT2D eigenvalue weighted by Gasteiger charge is 2.22. The summed E-state index contributed by atoms with van der Waals surface area (Å²) in [5.74, 6) is -1.94. The van der Waals surface area contributed by atoms with Crippen LogP contribution in [0.3, 0.4) is 0 Å². The Morgan fingerprint density at radius 2 is 2.30 bits per heavy atom. The Labute approximate surface area is 117 Å². The summed E-state index contributed by atoms with van der Waals surface area (Å²) in [6, 6.07) is 2.63. The van der Waals surface area contributed by atoms with Gasteiger partial charge >= 0.3 is 5.97 Å². The van der Waals surface area contributed by atoms with Gasteiger partial charge in [0, 0.05) is 20.2 Å². The van der Waals surface area contributed by atoms with Gasteiger partial charge in [-0.1, -0.05) is 0 Å². The van der Waals surface area contributed by atoms with Gasteiger partial charge < -0.3 is 20.5 Å². The average Bonchev–Trinajstić information content (AvgIpc) is 2.42. The second kappa shape index (κ2) is 6.09. The quantitative estimate of drug-likeness (QED) is 0.827. The van der Waals surface area contributed by atoms with E-state index in [9.17, 15) is 14.3 Å². The van der Waals surface area contributed by atoms with Crippen LogP contribution < -0.4 is 10.6 Å². The summed E-state index contributed by atoms with van der Waals surface area (Å²) in [6.45, 7) is 1.29. The van der Waals surface area contributed by atoms with Crippen LogP contribution in [0.4, 0.5) is 15.8 Å². The third-order valence-corrected chi connectivity index (χ3v) is 3.55. The van der Waals surface area contributed by atoms with E-state index in [2.05, 4.69) is 0 Å². The van der Waals surface area contributed by atoms with Gasteiger partial charge in [-0.2, -0.15) is 0 Å². The smallest absolute Gasteiger partial charge is 0.340 e. The number of halogens is 1. The lowest BCUT2D eigenvalue weighted by Crippen LogP contribution is -2.34. The minimum Gasteiger partial charge on any atom is -0.478 e. The molecule has 0 aliphatic carbocycles. The molecule has 20 heavy (non-hydrogen) atoms. The molecule has 3 N–H and O–H groups in total. The molecule has 1 aromatic carbocycles. The van der Waals surface area contributed by atoms with Crippen molar-refractivity contribution in [1.29, 1.82) is 0 Å². The van der Waals surface area contributed by atoms with E-state index in [0.29, 0.717) is 12.2 Å². The molecule has 1 aliphatic heterocycles. The number of nitrogens with zero attached hydrogens (tertiary/aromatic N) is 1. The van der Waals surface area contributed by atoms with Crippen LogP contribution in [0.5, 0.6) is 0 Å². The number of hydrogen-bond acceptors (Lipinski definition) is 4. The predicted octanol–water partition coefficient (Wildman–Crippen LogP) is 2.11. The molecule has 0 aromatic heterocycles. The van der Waals surface area contributed by atoms with Crippen molar-refractivity contribution in [1.82, 2.24) is 0 Å². The fraction of sp³-hybridized carbons (Fsp3) is 0.500. The molecule has 1 unspecified atom stereocenters. The fourth-order valence-corrected chi connectivity index (χ4v) is 2.48. The maximum absolute atomic E-state index is 13.4. The molecule has 0 amide bonds. The molecule has 0 spiro atoms. The lowest BCUT2D eigenvalue weighted by molar-refractivity contribution is 0.0215. The van der Waals surface area contributed by atoms with Crippen molar-refractivity contribution >= 4 is 17.3 Å². The van der Waals surface area contributed by atoms with Crippen molar-refractivity contribution in [2.45, 2.75) is 25.4 Å². The lowest BCUT2D eigenvalue weighted by Gasteiger charge is -2.29. The summed E-state index contributed by atoms with van der Waals surface area (Å²) >= 11 is 0. The van der Waals surface area contributed by atoms with Crippen LogP contribution in [0, 0.1) is 5.82 Å². The van der Waals surface area contributed by atoms with Crippen molar-refractivity contribution in [2.75, 3.05) is 30.8 Å². The van der Waals surface area contributed by atoms with Gasteiger partial charge in [0.25, 0.3) is 0 Å². The van der Waals surface area contributed by atoms with Crippen LogP contribution in [-0.2, 0) is 4.74 Å². The molecule has 1 fully saturated rings. The number of hydrogen-bond donors (Lipinski definition) is 2. The highest BCUT2D eigenvalue weighted by molar-refractivity contribution is 6.00. The molecular weight excluding hydrogens is 263 g/mol. The molecule has 1 saturated heterocycles. The average molecular weight is 282 g/mol. The highest BCUT2D eigenvalue weighted by Crippen LogP contribution is 2.28. The number of carboxylic acids is 1. The summed E-state index contributed by atoms with van der Waals surface area (Å²) in [4.78, 5) is 13.0. The number of nitrogen functional groups attached to an aromatic ring is 1. The van der Waals surface area contributed by atoms with Gasteiger partial charge in [0.1, 0.15) is 11.4 Å². The zero-order valence-corrected chi connectivity index (χ0v) is 11.4. The van der Waals surface area contributed by atoms with E-state index in [1.54, 1.807) is 11.9 Å². The molecule has 1 heterocycles. The first-order valence-electron chi connectivity index (χ1n) is 6.64. The maximum atomic E-state index is 13.4. The second-order valence-corrected chi connectivity index (χ2v) is 5.03. The van der Waals surface area contributed by atoms with Crippen molar-refractivity contribution < 1.29 is 19.0 Å². The molecule has 110 valence electrons. The minimum absolute atomic E-state index is 0.0710. The van der Waals surface area contributed by atoms with Gasteiger partial charge in [0.2, 0.25) is 0 Å². The summed E-state index contributed by atoms with van der Waals surface area (Å²) in [5.41, 5.74) is 5.43. The van der Waals surface area contributed by atoms with Gasteiger partial charge in [-0.25, -0.2) is 9.18 Å². The van der Waals surface area contributed by atoms with Gasteiger partial charge in [0.05, 0.1) is 17.5 Å². The molecular formula is C14H19FN2O3. The number of benzene rings is 1. The zero-order valence-electron chi connectivity index (χ0n) is 11.4. The van der Waals surface area contributed by atoms with Crippen LogP contribution in [0.1, 0.15) is 29.6 Å². The van der Waals surface area contributed by atoms with Crippen molar-refractivity contribution in [2.24, 2.45) is 0 Å². The SMILES string of the molecule is CN(CC1CCCCO1)c1ccc(F)c(N)c1C(=O)O. The van der Waals surface area contributed by atoms with E-state index in [4.69, 9.17) is 10.5 Å². The molecule has 0 radical (unpaired) electrons. The molecule has 1 atom stereocenters. The number of ether oxygens (including phenoxy) is 1. The minimum atomic E-state index is -1.23. The summed E-state index contributed by atoms with van der Waals surface area (Å²) < 4.78 is 19.0. The molecule has 1 aliphatic rings. The van der Waals surface area contributed by atoms with E-state index in [1.807, 2.05) is 0 Å². The van der Waals surface area contributed by atoms with E-state index < -0.39 is 11.8 Å². The van der Waals surface area contributed by atoms with E-state index in [0.717, 1.165) is 25.9 Å². The van der Waals surface area contributed by atoms with Crippen LogP contribution in [0.2, 0.25) is 0 Å². The fourth-order valence-electron chi connectivity index (χ4n) is 2.48. The van der Waals surface area contributed by atoms with Gasteiger partial charge in [0.15, 0.2) is 0 Å². The first kappa shape index (κ1) is 14.6. The number of nitrogens with two attached hydrogens (primary N) is 1. The van der Waals surface area contributed by atoms with Gasteiger partial charge in [-0.05, 0) is 31.4 Å². The maximum Gasteiger partial charge on any atom is 0.340 e. The van der Waals surface area contributed by atoms with Crippen LogP contribution in [0.15, 0.2) is 12.1 Å². The number of likely N-dealkylation sites (N-methyl/N-ethyl adjacent to an activating group) is 1. The second-order valence-electron chi connectivity index (χ2n) is 5.03. The zero-order chi connectivity index (χ0) is 14.7. The predicted molar refractivity (Wildman–Crippen MR) is 74.6 cm³/mol. The highest BCUT2D eigenvalue weighted by atomic mass is 19.1. The molecule has 0 bridgehead atoms. The molecule has 5 nitrogen and oxygen atoms in total. The lowest BCUT2D eigenvalue weighted by atomic mass is 10.1. The number of rotatable bonds is 4. The third-order valence-electron chi connectivity index (χ3n) is 3.55. The summed E-state index contributed by atoms with van der Waals surface area (Å²) in [7, 11) is 1.76. The largest absolute Gasteiger partial charge is 0.478 e. The van der Waals surface area contributed by atoms with E-state index >= 15 is 0 Å². The number of anilines is 2. The topological polar surface area (TPSA) is 75.8 Å². The Hall–Kier alpha value is -1.82. The van der Waals surface area contributed by atoms with Crippen molar-refractivity contribution in [3.05, 3.63) is 23.5 Å². The molecule has 6 heteroatoms. The Morgan fingerprint density at radius 1 is 1.55 bits per heavy atom. The number of carboxylic acid groups (broad SMARTS) is 1. The van der Waals surface area contributed by atoms with E-state index in [1.165, 1.54) is 12.1 Å². The molecule has 1 aromatic rings. The molecule has 2 rings (SSSR count). The molecule has 0 saturated carbocycles. The van der Waals surface area contributed by atoms with E-state index in [-0.39, 0.29) is 17.4 Å². The Balaban J connectivity index is 2.22. The summed E-state index contributed by atoms with van der Waals surface area (Å²) in [6.07, 6.45) is 3.19. The Kier molecular flexibility index (Phi) is 4.44. The first-order valence-corrected chi connectivity index (χ1v) is 6.64. The van der Waals surface area contributed by atoms with Crippen molar-refractivity contribution in [3.63, 3.8) is 0 Å². The first-order chi connectivity index (χ1) is 9.50. The normalized spacial score (nSPS) is 18.8. The van der Waals surface area contributed by atoms with Crippen LogP contribution in [0.25, 0.3) is 0 Å².